The molecule has 0 aliphatic carbocycles. The average molecular weight is 392 g/mol. The van der Waals surface area contributed by atoms with E-state index in [0.29, 0.717) is 6.04 Å². The number of likely N-dealkylation sites (tertiary alicyclic amines) is 1. The molecule has 1 spiro atoms. The van der Waals surface area contributed by atoms with Gasteiger partial charge in [-0.2, -0.15) is 0 Å². The number of rotatable bonds is 3. The van der Waals surface area contributed by atoms with Gasteiger partial charge in [0.2, 0.25) is 0 Å². The lowest BCUT2D eigenvalue weighted by Gasteiger charge is -2.47. The second-order valence-corrected chi connectivity index (χ2v) is 9.29. The summed E-state index contributed by atoms with van der Waals surface area (Å²) in [5, 5.41) is 9.70. The number of ether oxygens (including phenoxy) is 1. The Morgan fingerprint density at radius 3 is 2.81 bits per heavy atom. The third kappa shape index (κ3) is 3.23. The van der Waals surface area contributed by atoms with E-state index < -0.39 is 0 Å². The van der Waals surface area contributed by atoms with Gasteiger partial charge in [0.05, 0.1) is 17.6 Å². The fourth-order valence-corrected chi connectivity index (χ4v) is 6.10. The van der Waals surface area contributed by atoms with E-state index >= 15 is 0 Å². The maximum Gasteiger partial charge on any atom is 0.105 e. The van der Waals surface area contributed by atoms with Crippen molar-refractivity contribution in [1.82, 2.24) is 4.90 Å². The van der Waals surface area contributed by atoms with Crippen molar-refractivity contribution in [3.05, 3.63) is 55.7 Å². The number of aliphatic hydroxyl groups excluding tert-OH is 1. The van der Waals surface area contributed by atoms with Crippen molar-refractivity contribution in [2.45, 2.75) is 57.9 Å². The van der Waals surface area contributed by atoms with Crippen LogP contribution in [0.5, 0.6) is 0 Å². The molecule has 0 amide bonds. The third-order valence-electron chi connectivity index (χ3n) is 5.93. The molecule has 1 N–H and O–H groups in total. The Morgan fingerprint density at radius 2 is 2.12 bits per heavy atom. The summed E-state index contributed by atoms with van der Waals surface area (Å²) in [5.41, 5.74) is 4.61. The summed E-state index contributed by atoms with van der Waals surface area (Å²) in [7, 11) is 0. The SMILES string of the molecule is Cc1ccc(CN2CC[C@]3(C[C@@H]2C)OCCc2c3sc(Cl)c2CO)cc1. The van der Waals surface area contributed by atoms with E-state index in [1.54, 1.807) is 11.3 Å². The summed E-state index contributed by atoms with van der Waals surface area (Å²) in [4.78, 5) is 3.81. The highest BCUT2D eigenvalue weighted by atomic mass is 35.5. The summed E-state index contributed by atoms with van der Waals surface area (Å²) in [6.07, 6.45) is 2.82. The molecule has 0 bridgehead atoms. The van der Waals surface area contributed by atoms with Crippen LogP contribution >= 0.6 is 22.9 Å². The first-order valence-corrected chi connectivity index (χ1v) is 10.6. The minimum atomic E-state index is -0.224. The molecule has 5 heteroatoms. The van der Waals surface area contributed by atoms with Crippen LogP contribution < -0.4 is 0 Å². The van der Waals surface area contributed by atoms with E-state index in [0.717, 1.165) is 48.9 Å². The fourth-order valence-electron chi connectivity index (χ4n) is 4.43. The largest absolute Gasteiger partial charge is 0.392 e. The zero-order valence-electron chi connectivity index (χ0n) is 15.4. The molecule has 2 atom stereocenters. The van der Waals surface area contributed by atoms with Crippen molar-refractivity contribution in [2.24, 2.45) is 0 Å². The summed E-state index contributed by atoms with van der Waals surface area (Å²) < 4.78 is 7.11. The maximum absolute atomic E-state index is 9.70. The normalized spacial score (nSPS) is 26.2. The van der Waals surface area contributed by atoms with Gasteiger partial charge in [0, 0.05) is 29.6 Å². The Bertz CT molecular complexity index is 788. The van der Waals surface area contributed by atoms with Crippen molar-refractivity contribution in [3.63, 3.8) is 0 Å². The van der Waals surface area contributed by atoms with Crippen molar-refractivity contribution < 1.29 is 9.84 Å². The van der Waals surface area contributed by atoms with Crippen LogP contribution in [0, 0.1) is 6.92 Å². The molecule has 1 aromatic carbocycles. The van der Waals surface area contributed by atoms with E-state index in [1.807, 2.05) is 0 Å². The first-order chi connectivity index (χ1) is 12.5. The quantitative estimate of drug-likeness (QED) is 0.826. The number of fused-ring (bicyclic) bond motifs is 2. The highest BCUT2D eigenvalue weighted by Crippen LogP contribution is 2.49. The van der Waals surface area contributed by atoms with Crippen molar-refractivity contribution in [1.29, 1.82) is 0 Å². The first-order valence-electron chi connectivity index (χ1n) is 9.37. The number of hydrogen-bond acceptors (Lipinski definition) is 4. The Balaban J connectivity index is 1.55. The molecule has 0 radical (unpaired) electrons. The minimum Gasteiger partial charge on any atom is -0.392 e. The van der Waals surface area contributed by atoms with E-state index in [4.69, 9.17) is 16.3 Å². The number of thiophene rings is 1. The molecule has 0 saturated carbocycles. The predicted molar refractivity (Wildman–Crippen MR) is 107 cm³/mol. The van der Waals surface area contributed by atoms with E-state index in [9.17, 15) is 5.11 Å². The molecule has 4 rings (SSSR count). The topological polar surface area (TPSA) is 32.7 Å². The molecule has 2 aliphatic rings. The smallest absolute Gasteiger partial charge is 0.105 e. The number of aryl methyl sites for hydroxylation is 1. The number of nitrogens with zero attached hydrogens (tertiary/aromatic N) is 1. The molecule has 1 fully saturated rings. The van der Waals surface area contributed by atoms with Gasteiger partial charge in [-0.3, -0.25) is 4.90 Å². The second-order valence-electron chi connectivity index (χ2n) is 7.67. The van der Waals surface area contributed by atoms with Crippen LogP contribution in [0.3, 0.4) is 0 Å². The highest BCUT2D eigenvalue weighted by molar-refractivity contribution is 7.16. The number of piperidine rings is 1. The number of halogens is 1. The van der Waals surface area contributed by atoms with E-state index in [2.05, 4.69) is 43.0 Å². The number of aliphatic hydroxyl groups is 1. The van der Waals surface area contributed by atoms with Gasteiger partial charge in [0.15, 0.2) is 0 Å². The van der Waals surface area contributed by atoms with Crippen molar-refractivity contribution >= 4 is 22.9 Å². The number of benzene rings is 1. The summed E-state index contributed by atoms with van der Waals surface area (Å²) in [6.45, 7) is 7.17. The van der Waals surface area contributed by atoms with Crippen LogP contribution in [0.2, 0.25) is 4.34 Å². The summed E-state index contributed by atoms with van der Waals surface area (Å²) >= 11 is 8.03. The lowest BCUT2D eigenvalue weighted by molar-refractivity contribution is -0.110. The van der Waals surface area contributed by atoms with Gasteiger partial charge in [0.25, 0.3) is 0 Å². The molecule has 3 heterocycles. The molecular formula is C21H26ClNO2S. The predicted octanol–water partition coefficient (Wildman–Crippen LogP) is 4.65. The molecule has 1 aromatic heterocycles. The summed E-state index contributed by atoms with van der Waals surface area (Å²) in [6, 6.07) is 9.27. The second kappa shape index (κ2) is 7.25. The van der Waals surface area contributed by atoms with Crippen molar-refractivity contribution in [2.75, 3.05) is 13.2 Å². The molecule has 0 unspecified atom stereocenters. The van der Waals surface area contributed by atoms with Gasteiger partial charge >= 0.3 is 0 Å². The standard InChI is InChI=1S/C21H26ClNO2S/c1-14-3-5-16(6-4-14)12-23-9-8-21(11-15(23)2)19-17(7-10-25-21)18(13-24)20(22)26-19/h3-6,15,24H,7-13H2,1-2H3/t15-,21+/m0/s1. The van der Waals surface area contributed by atoms with E-state index in [1.165, 1.54) is 21.6 Å². The van der Waals surface area contributed by atoms with E-state index in [-0.39, 0.29) is 12.2 Å². The van der Waals surface area contributed by atoms with Gasteiger partial charge in [-0.1, -0.05) is 41.4 Å². The summed E-state index contributed by atoms with van der Waals surface area (Å²) in [5.74, 6) is 0. The van der Waals surface area contributed by atoms with Crippen LogP contribution in [-0.2, 0) is 29.9 Å². The van der Waals surface area contributed by atoms with Gasteiger partial charge < -0.3 is 9.84 Å². The Kier molecular flexibility index (Phi) is 5.15. The first kappa shape index (κ1) is 18.5. The Morgan fingerprint density at radius 1 is 1.35 bits per heavy atom. The third-order valence-corrected chi connectivity index (χ3v) is 7.63. The molecule has 26 heavy (non-hydrogen) atoms. The van der Waals surface area contributed by atoms with Crippen LogP contribution in [0.25, 0.3) is 0 Å². The lowest BCUT2D eigenvalue weighted by atomic mass is 9.81. The molecule has 1 saturated heterocycles. The zero-order valence-corrected chi connectivity index (χ0v) is 17.0. The molecule has 2 aromatic rings. The van der Waals surface area contributed by atoms with Crippen LogP contribution in [0.4, 0.5) is 0 Å². The van der Waals surface area contributed by atoms with Crippen LogP contribution in [0.15, 0.2) is 24.3 Å². The highest BCUT2D eigenvalue weighted by Gasteiger charge is 2.45. The zero-order chi connectivity index (χ0) is 18.3. The molecule has 3 nitrogen and oxygen atoms in total. The van der Waals surface area contributed by atoms with Gasteiger partial charge in [0.1, 0.15) is 5.60 Å². The van der Waals surface area contributed by atoms with Gasteiger partial charge in [-0.25, -0.2) is 0 Å². The molecule has 2 aliphatic heterocycles. The molecule has 140 valence electrons. The van der Waals surface area contributed by atoms with Gasteiger partial charge in [-0.05, 0) is 44.2 Å². The fraction of sp³-hybridized carbons (Fsp3) is 0.524. The molecular weight excluding hydrogens is 366 g/mol. The Hall–Kier alpha value is -0.910. The van der Waals surface area contributed by atoms with Crippen LogP contribution in [0.1, 0.15) is 46.9 Å². The maximum atomic E-state index is 9.70. The monoisotopic (exact) mass is 391 g/mol. The van der Waals surface area contributed by atoms with Crippen molar-refractivity contribution in [3.8, 4) is 0 Å². The lowest BCUT2D eigenvalue weighted by Crippen LogP contribution is -2.50. The van der Waals surface area contributed by atoms with Crippen LogP contribution in [-0.4, -0.2) is 29.2 Å². The Labute approximate surface area is 164 Å². The van der Waals surface area contributed by atoms with Gasteiger partial charge in [-0.15, -0.1) is 11.3 Å². The average Bonchev–Trinajstić information content (AvgIpc) is 2.96. The minimum absolute atomic E-state index is 0.0237. The number of hydrogen-bond donors (Lipinski definition) is 1.